The Morgan fingerprint density at radius 3 is 2.58 bits per heavy atom. The molecule has 0 aliphatic carbocycles. The molecule has 0 saturated heterocycles. The van der Waals surface area contributed by atoms with Crippen LogP contribution in [0.1, 0.15) is 11.1 Å². The minimum atomic E-state index is -4.82. The number of alkyl halides is 2. The van der Waals surface area contributed by atoms with Gasteiger partial charge in [0.1, 0.15) is 17.6 Å². The first kappa shape index (κ1) is 17.4. The lowest BCUT2D eigenvalue weighted by Gasteiger charge is -2.13. The molecule has 0 spiro atoms. The Morgan fingerprint density at radius 1 is 1.29 bits per heavy atom. The second-order valence-corrected chi connectivity index (χ2v) is 6.58. The van der Waals surface area contributed by atoms with Gasteiger partial charge in [0, 0.05) is 0 Å². The van der Waals surface area contributed by atoms with Gasteiger partial charge in [0.25, 0.3) is 0 Å². The first-order valence-corrected chi connectivity index (χ1v) is 8.07. The molecular formula is C16H10F2N2O3S. The summed E-state index contributed by atoms with van der Waals surface area (Å²) in [4.78, 5) is 2.63. The van der Waals surface area contributed by atoms with Crippen molar-refractivity contribution in [3.8, 4) is 17.6 Å². The summed E-state index contributed by atoms with van der Waals surface area (Å²) >= 11 is 0. The lowest BCUT2D eigenvalue weighted by Crippen LogP contribution is -2.13. The zero-order valence-corrected chi connectivity index (χ0v) is 13.1. The van der Waals surface area contributed by atoms with Crippen molar-refractivity contribution in [3.05, 3.63) is 58.9 Å². The molecule has 2 aromatic rings. The average molecular weight is 348 g/mol. The van der Waals surface area contributed by atoms with Gasteiger partial charge < -0.3 is 4.74 Å². The van der Waals surface area contributed by atoms with Crippen LogP contribution in [0, 0.1) is 24.8 Å². The minimum absolute atomic E-state index is 0.0188. The van der Waals surface area contributed by atoms with Gasteiger partial charge in [-0.05, 0) is 36.8 Å². The fourth-order valence-electron chi connectivity index (χ4n) is 2.04. The van der Waals surface area contributed by atoms with E-state index in [4.69, 9.17) is 11.3 Å². The van der Waals surface area contributed by atoms with Crippen LogP contribution in [0.2, 0.25) is 0 Å². The molecule has 24 heavy (non-hydrogen) atoms. The summed E-state index contributed by atoms with van der Waals surface area (Å²) in [7, 11) is -4.82. The quantitative estimate of drug-likeness (QED) is 0.776. The van der Waals surface area contributed by atoms with Crippen LogP contribution in [0.3, 0.4) is 0 Å². The van der Waals surface area contributed by atoms with Crippen molar-refractivity contribution in [2.45, 2.75) is 17.6 Å². The van der Waals surface area contributed by atoms with E-state index in [-0.39, 0.29) is 22.6 Å². The van der Waals surface area contributed by atoms with Crippen molar-refractivity contribution in [1.82, 2.24) is 0 Å². The van der Waals surface area contributed by atoms with E-state index in [9.17, 15) is 22.5 Å². The van der Waals surface area contributed by atoms with E-state index in [0.717, 1.165) is 12.1 Å². The van der Waals surface area contributed by atoms with Crippen molar-refractivity contribution < 1.29 is 21.9 Å². The van der Waals surface area contributed by atoms with Crippen LogP contribution in [-0.2, 0) is 9.84 Å². The highest BCUT2D eigenvalue weighted by atomic mass is 32.2. The number of nitriles is 1. The molecule has 0 heterocycles. The third kappa shape index (κ3) is 3.19. The largest absolute Gasteiger partial charge is 0.457 e. The molecular weight excluding hydrogens is 338 g/mol. The number of nitrogens with zero attached hydrogens (tertiary/aromatic N) is 2. The van der Waals surface area contributed by atoms with E-state index in [2.05, 4.69) is 4.85 Å². The lowest BCUT2D eigenvalue weighted by molar-refractivity contribution is 0.234. The molecule has 5 nitrogen and oxygen atoms in total. The predicted octanol–water partition coefficient (Wildman–Crippen LogP) is 4.21. The average Bonchev–Trinajstić information content (AvgIpc) is 2.55. The Balaban J connectivity index is 2.53. The van der Waals surface area contributed by atoms with Gasteiger partial charge in [0.15, 0.2) is 5.69 Å². The minimum Gasteiger partial charge on any atom is -0.457 e. The Kier molecular flexibility index (Phi) is 4.82. The van der Waals surface area contributed by atoms with Crippen LogP contribution in [0.25, 0.3) is 4.85 Å². The number of hydrogen-bond donors (Lipinski definition) is 0. The molecule has 0 aliphatic rings. The van der Waals surface area contributed by atoms with Gasteiger partial charge in [-0.25, -0.2) is 13.3 Å². The number of hydrogen-bond acceptors (Lipinski definition) is 4. The van der Waals surface area contributed by atoms with Crippen molar-refractivity contribution in [1.29, 1.82) is 5.26 Å². The number of rotatable bonds is 4. The number of ether oxygens (including phenoxy) is 1. The van der Waals surface area contributed by atoms with E-state index in [0.29, 0.717) is 5.69 Å². The molecule has 0 fully saturated rings. The fraction of sp³-hybridized carbons (Fsp3) is 0.125. The van der Waals surface area contributed by atoms with Crippen LogP contribution < -0.4 is 4.74 Å². The van der Waals surface area contributed by atoms with Crippen LogP contribution in [-0.4, -0.2) is 14.2 Å². The molecule has 2 aromatic carbocycles. The highest BCUT2D eigenvalue weighted by Gasteiger charge is 2.30. The zero-order valence-electron chi connectivity index (χ0n) is 12.3. The monoisotopic (exact) mass is 348 g/mol. The van der Waals surface area contributed by atoms with Gasteiger partial charge in [-0.1, -0.05) is 12.1 Å². The molecule has 2 rings (SSSR count). The number of halogens is 2. The highest BCUT2D eigenvalue weighted by molar-refractivity contribution is 7.91. The SMILES string of the molecule is [C-]#[N+]c1cccc(Oc2ccc(S(=O)(=O)C(F)F)c(C)c2C#N)c1. The summed E-state index contributed by atoms with van der Waals surface area (Å²) in [6.07, 6.45) is 0. The lowest BCUT2D eigenvalue weighted by atomic mass is 10.1. The first-order chi connectivity index (χ1) is 11.3. The van der Waals surface area contributed by atoms with Gasteiger partial charge in [-0.15, -0.1) is 0 Å². The maximum atomic E-state index is 12.7. The first-order valence-electron chi connectivity index (χ1n) is 6.52. The Labute approximate surface area is 137 Å². The predicted molar refractivity (Wildman–Crippen MR) is 81.9 cm³/mol. The fourth-order valence-corrected chi connectivity index (χ4v) is 3.02. The van der Waals surface area contributed by atoms with E-state index in [1.54, 1.807) is 24.3 Å². The van der Waals surface area contributed by atoms with Gasteiger partial charge >= 0.3 is 5.76 Å². The Morgan fingerprint density at radius 2 is 2.00 bits per heavy atom. The molecule has 0 aliphatic heterocycles. The molecule has 122 valence electrons. The molecule has 0 bridgehead atoms. The van der Waals surface area contributed by atoms with Crippen molar-refractivity contribution >= 4 is 15.5 Å². The third-order valence-electron chi connectivity index (χ3n) is 3.20. The van der Waals surface area contributed by atoms with E-state index < -0.39 is 20.5 Å². The molecule has 0 unspecified atom stereocenters. The summed E-state index contributed by atoms with van der Waals surface area (Å²) in [5.41, 5.74) is 0.0428. The Hall–Kier alpha value is -2.97. The molecule has 8 heteroatoms. The summed E-state index contributed by atoms with van der Waals surface area (Å²) in [5.74, 6) is -3.29. The zero-order chi connectivity index (χ0) is 17.9. The smallest absolute Gasteiger partial charge is 0.341 e. The van der Waals surface area contributed by atoms with Crippen LogP contribution in [0.15, 0.2) is 41.3 Å². The summed E-state index contributed by atoms with van der Waals surface area (Å²) in [6, 6.07) is 10.0. The highest BCUT2D eigenvalue weighted by Crippen LogP contribution is 2.33. The van der Waals surface area contributed by atoms with Crippen LogP contribution in [0.5, 0.6) is 11.5 Å². The van der Waals surface area contributed by atoms with Crippen molar-refractivity contribution in [2.75, 3.05) is 0 Å². The molecule has 0 saturated carbocycles. The van der Waals surface area contributed by atoms with E-state index in [1.807, 2.05) is 0 Å². The molecule has 0 radical (unpaired) electrons. The second kappa shape index (κ2) is 6.65. The summed E-state index contributed by atoms with van der Waals surface area (Å²) in [5, 5.41) is 9.25. The third-order valence-corrected chi connectivity index (χ3v) is 4.73. The number of benzene rings is 2. The van der Waals surface area contributed by atoms with Gasteiger partial charge in [0.05, 0.1) is 17.0 Å². The normalized spacial score (nSPS) is 10.9. The van der Waals surface area contributed by atoms with E-state index >= 15 is 0 Å². The van der Waals surface area contributed by atoms with Gasteiger partial charge in [-0.3, -0.25) is 0 Å². The summed E-state index contributed by atoms with van der Waals surface area (Å²) in [6.45, 7) is 8.21. The van der Waals surface area contributed by atoms with Crippen molar-refractivity contribution in [2.24, 2.45) is 0 Å². The van der Waals surface area contributed by atoms with Crippen molar-refractivity contribution in [3.63, 3.8) is 0 Å². The Bertz CT molecular complexity index is 974. The van der Waals surface area contributed by atoms with Crippen LogP contribution in [0.4, 0.5) is 14.5 Å². The van der Waals surface area contributed by atoms with Gasteiger partial charge in [-0.2, -0.15) is 14.0 Å². The van der Waals surface area contributed by atoms with Gasteiger partial charge in [0.2, 0.25) is 9.84 Å². The molecule has 0 N–H and O–H groups in total. The molecule has 0 aromatic heterocycles. The maximum absolute atomic E-state index is 12.7. The second-order valence-electron chi connectivity index (χ2n) is 4.69. The standard InChI is InChI=1S/C16H10F2N2O3S/c1-10-13(9-19)14(6-7-15(10)24(21,22)16(17)18)23-12-5-3-4-11(8-12)20-2/h3-8,16H,1H3. The number of sulfone groups is 1. The summed E-state index contributed by atoms with van der Waals surface area (Å²) < 4.78 is 54.2. The van der Waals surface area contributed by atoms with Crippen LogP contribution >= 0.6 is 0 Å². The topological polar surface area (TPSA) is 71.5 Å². The van der Waals surface area contributed by atoms with E-state index in [1.165, 1.54) is 13.0 Å². The molecule has 0 atom stereocenters. The maximum Gasteiger partial charge on any atom is 0.341 e. The molecule has 0 amide bonds.